The van der Waals surface area contributed by atoms with E-state index in [1.807, 2.05) is 0 Å². The van der Waals surface area contributed by atoms with E-state index >= 15 is 0 Å². The number of hydrogen-bond acceptors (Lipinski definition) is 5. The Morgan fingerprint density at radius 3 is 1.96 bits per heavy atom. The molecule has 0 aromatic heterocycles. The molecule has 26 heavy (non-hydrogen) atoms. The Morgan fingerprint density at radius 1 is 0.962 bits per heavy atom. The highest BCUT2D eigenvalue weighted by Crippen LogP contribution is 2.19. The molecule has 0 radical (unpaired) electrons. The summed E-state index contributed by atoms with van der Waals surface area (Å²) in [6.45, 7) is 3.51. The topological polar surface area (TPSA) is 69.7 Å². The number of esters is 2. The largest absolute Gasteiger partial charge is 0.461 e. The molecule has 2 aromatic rings. The van der Waals surface area contributed by atoms with Gasteiger partial charge in [-0.25, -0.2) is 9.59 Å². The Bertz CT molecular complexity index is 773. The lowest BCUT2D eigenvalue weighted by molar-refractivity contribution is -0.105. The summed E-state index contributed by atoms with van der Waals surface area (Å²) in [5.41, 5.74) is 0.809. The molecule has 0 bridgehead atoms. The van der Waals surface area contributed by atoms with E-state index in [-0.39, 0.29) is 12.2 Å². The number of halogens is 1. The highest BCUT2D eigenvalue weighted by atomic mass is 79.9. The molecule has 0 aliphatic carbocycles. The van der Waals surface area contributed by atoms with Gasteiger partial charge in [0.05, 0.1) is 16.0 Å². The van der Waals surface area contributed by atoms with Crippen molar-refractivity contribution in [2.24, 2.45) is 0 Å². The standard InChI is InChI=1S/C20H17BrO5/c1-14(12-22)18(26-20(24)16-10-6-3-7-11-16)17(21)13-25-19(23)15-8-4-2-5-9-15/h2-12,17-18H,1,13H2. The molecule has 2 aromatic carbocycles. The fraction of sp³-hybridized carbons (Fsp3) is 0.150. The van der Waals surface area contributed by atoms with Gasteiger partial charge < -0.3 is 9.47 Å². The maximum atomic E-state index is 12.2. The van der Waals surface area contributed by atoms with Gasteiger partial charge in [0.25, 0.3) is 0 Å². The quantitative estimate of drug-likeness (QED) is 0.284. The Morgan fingerprint density at radius 2 is 1.46 bits per heavy atom. The Labute approximate surface area is 159 Å². The minimum absolute atomic E-state index is 0.0620. The van der Waals surface area contributed by atoms with Crippen LogP contribution in [0.25, 0.3) is 0 Å². The fourth-order valence-electron chi connectivity index (χ4n) is 2.11. The minimum atomic E-state index is -0.969. The van der Waals surface area contributed by atoms with Crippen molar-refractivity contribution < 1.29 is 23.9 Å². The molecule has 0 amide bonds. The van der Waals surface area contributed by atoms with E-state index in [2.05, 4.69) is 22.5 Å². The number of benzene rings is 2. The summed E-state index contributed by atoms with van der Waals surface area (Å²) >= 11 is 3.31. The molecule has 0 fully saturated rings. The zero-order valence-corrected chi connectivity index (χ0v) is 15.4. The van der Waals surface area contributed by atoms with Crippen LogP contribution < -0.4 is 0 Å². The minimum Gasteiger partial charge on any atom is -0.461 e. The summed E-state index contributed by atoms with van der Waals surface area (Å²) in [5.74, 6) is -1.11. The van der Waals surface area contributed by atoms with Crippen LogP contribution in [0.1, 0.15) is 20.7 Å². The van der Waals surface area contributed by atoms with Crippen molar-refractivity contribution in [2.45, 2.75) is 10.9 Å². The van der Waals surface area contributed by atoms with Crippen molar-refractivity contribution in [3.8, 4) is 0 Å². The number of hydrogen-bond donors (Lipinski definition) is 0. The molecule has 0 spiro atoms. The van der Waals surface area contributed by atoms with Crippen LogP contribution in [0.15, 0.2) is 72.8 Å². The van der Waals surface area contributed by atoms with Gasteiger partial charge in [0, 0.05) is 5.57 Å². The van der Waals surface area contributed by atoms with Crippen molar-refractivity contribution in [3.05, 3.63) is 83.9 Å². The average Bonchev–Trinajstić information content (AvgIpc) is 2.70. The van der Waals surface area contributed by atoms with Gasteiger partial charge in [0.15, 0.2) is 0 Å². The molecule has 0 saturated heterocycles. The van der Waals surface area contributed by atoms with Gasteiger partial charge in [-0.2, -0.15) is 0 Å². The third-order valence-corrected chi connectivity index (χ3v) is 4.22. The monoisotopic (exact) mass is 416 g/mol. The molecule has 0 aliphatic heterocycles. The Kier molecular flexibility index (Phi) is 7.29. The Hall–Kier alpha value is -2.73. The van der Waals surface area contributed by atoms with E-state index in [1.165, 1.54) is 0 Å². The smallest absolute Gasteiger partial charge is 0.338 e. The molecule has 6 heteroatoms. The van der Waals surface area contributed by atoms with Gasteiger partial charge >= 0.3 is 11.9 Å². The maximum absolute atomic E-state index is 12.2. The van der Waals surface area contributed by atoms with E-state index in [4.69, 9.17) is 9.47 Å². The van der Waals surface area contributed by atoms with Crippen LogP contribution >= 0.6 is 15.9 Å². The SMILES string of the molecule is C=C(C=O)C(OC(=O)c1ccccc1)C(Br)COC(=O)c1ccccc1. The molecule has 0 heterocycles. The summed E-state index contributed by atoms with van der Waals surface area (Å²) in [5, 5.41) is 0. The van der Waals surface area contributed by atoms with E-state index in [1.54, 1.807) is 60.7 Å². The molecule has 2 rings (SSSR count). The van der Waals surface area contributed by atoms with E-state index in [9.17, 15) is 14.4 Å². The second kappa shape index (κ2) is 9.68. The highest BCUT2D eigenvalue weighted by molar-refractivity contribution is 9.09. The summed E-state index contributed by atoms with van der Waals surface area (Å²) in [6.07, 6.45) is -0.459. The van der Waals surface area contributed by atoms with E-state index < -0.39 is 22.9 Å². The number of alkyl halides is 1. The summed E-state index contributed by atoms with van der Waals surface area (Å²) in [6, 6.07) is 16.9. The van der Waals surface area contributed by atoms with Crippen molar-refractivity contribution >= 4 is 34.2 Å². The first-order chi connectivity index (χ1) is 12.5. The highest BCUT2D eigenvalue weighted by Gasteiger charge is 2.28. The molecule has 0 aliphatic rings. The molecule has 2 atom stereocenters. The van der Waals surface area contributed by atoms with Crippen molar-refractivity contribution in [3.63, 3.8) is 0 Å². The predicted octanol–water partition coefficient (Wildman–Crippen LogP) is 3.59. The van der Waals surface area contributed by atoms with Gasteiger partial charge in [0.1, 0.15) is 19.0 Å². The summed E-state index contributed by atoms with van der Waals surface area (Å²) in [7, 11) is 0. The van der Waals surface area contributed by atoms with Gasteiger partial charge in [0.2, 0.25) is 0 Å². The number of carbonyl (C=O) groups is 3. The molecular formula is C20H17BrO5. The predicted molar refractivity (Wildman–Crippen MR) is 100 cm³/mol. The van der Waals surface area contributed by atoms with Crippen LogP contribution in [-0.4, -0.2) is 35.8 Å². The van der Waals surface area contributed by atoms with Crippen LogP contribution in [0.5, 0.6) is 0 Å². The summed E-state index contributed by atoms with van der Waals surface area (Å²) in [4.78, 5) is 34.7. The average molecular weight is 417 g/mol. The van der Waals surface area contributed by atoms with Crippen LogP contribution in [0.3, 0.4) is 0 Å². The first-order valence-corrected chi connectivity index (χ1v) is 8.70. The first-order valence-electron chi connectivity index (χ1n) is 7.79. The van der Waals surface area contributed by atoms with Gasteiger partial charge in [-0.1, -0.05) is 58.9 Å². The molecule has 134 valence electrons. The third-order valence-electron chi connectivity index (χ3n) is 3.47. The van der Waals surface area contributed by atoms with Crippen molar-refractivity contribution in [1.29, 1.82) is 0 Å². The maximum Gasteiger partial charge on any atom is 0.338 e. The van der Waals surface area contributed by atoms with E-state index in [0.29, 0.717) is 17.4 Å². The lowest BCUT2D eigenvalue weighted by Crippen LogP contribution is -2.33. The molecular weight excluding hydrogens is 400 g/mol. The van der Waals surface area contributed by atoms with Gasteiger partial charge in [-0.15, -0.1) is 0 Å². The number of carbonyl (C=O) groups excluding carboxylic acids is 3. The second-order valence-electron chi connectivity index (χ2n) is 5.37. The zero-order valence-electron chi connectivity index (χ0n) is 13.8. The van der Waals surface area contributed by atoms with Crippen molar-refractivity contribution in [1.82, 2.24) is 0 Å². The van der Waals surface area contributed by atoms with Crippen molar-refractivity contribution in [2.75, 3.05) is 6.61 Å². The van der Waals surface area contributed by atoms with Gasteiger partial charge in [-0.3, -0.25) is 4.79 Å². The van der Waals surface area contributed by atoms with Crippen LogP contribution in [0.2, 0.25) is 0 Å². The molecule has 2 unspecified atom stereocenters. The number of rotatable bonds is 8. The van der Waals surface area contributed by atoms with Crippen LogP contribution in [0.4, 0.5) is 0 Å². The lowest BCUT2D eigenvalue weighted by atomic mass is 10.1. The van der Waals surface area contributed by atoms with Gasteiger partial charge in [-0.05, 0) is 24.3 Å². The second-order valence-corrected chi connectivity index (χ2v) is 6.54. The first kappa shape index (κ1) is 19.6. The zero-order chi connectivity index (χ0) is 18.9. The lowest BCUT2D eigenvalue weighted by Gasteiger charge is -2.22. The molecule has 0 N–H and O–H groups in total. The van der Waals surface area contributed by atoms with Crippen LogP contribution in [0, 0.1) is 0 Å². The van der Waals surface area contributed by atoms with Crippen LogP contribution in [-0.2, 0) is 14.3 Å². The normalized spacial score (nSPS) is 12.5. The number of ether oxygens (including phenoxy) is 2. The van der Waals surface area contributed by atoms with E-state index in [0.717, 1.165) is 0 Å². The third kappa shape index (κ3) is 5.39. The Balaban J connectivity index is 2.01. The molecule has 5 nitrogen and oxygen atoms in total. The molecule has 0 saturated carbocycles. The summed E-state index contributed by atoms with van der Waals surface area (Å²) < 4.78 is 10.6. The number of aldehydes is 1. The fourth-order valence-corrected chi connectivity index (χ4v) is 2.69.